The summed E-state index contributed by atoms with van der Waals surface area (Å²) < 4.78 is 5.08. The summed E-state index contributed by atoms with van der Waals surface area (Å²) in [6, 6.07) is 13.5. The van der Waals surface area contributed by atoms with E-state index in [-0.39, 0.29) is 17.1 Å². The lowest BCUT2D eigenvalue weighted by Gasteiger charge is -2.11. The fraction of sp³-hybridized carbons (Fsp3) is 0.111. The van der Waals surface area contributed by atoms with E-state index in [0.29, 0.717) is 22.7 Å². The van der Waals surface area contributed by atoms with Crippen molar-refractivity contribution in [2.75, 3.05) is 17.7 Å². The Labute approximate surface area is 149 Å². The topological polar surface area (TPSA) is 109 Å². The van der Waals surface area contributed by atoms with E-state index in [1.807, 2.05) is 0 Å². The van der Waals surface area contributed by atoms with Gasteiger partial charge in [0, 0.05) is 11.3 Å². The van der Waals surface area contributed by atoms with Crippen molar-refractivity contribution in [2.45, 2.75) is 6.92 Å². The lowest BCUT2D eigenvalue weighted by Crippen LogP contribution is -2.20. The molecule has 0 unspecified atom stereocenters. The Morgan fingerprint density at radius 2 is 1.77 bits per heavy atom. The molecule has 0 bridgehead atoms. The van der Waals surface area contributed by atoms with Gasteiger partial charge in [0.25, 0.3) is 5.56 Å². The standard InChI is InChI=1S/C18H17N5O3/c1-11-17(24)21-16(23-22-11)14-5-3-4-6-15(14)20-18(25)19-12-7-9-13(26-2)10-8-12/h3-10H,1-2H3,(H2,19,20,25)(H,21,23,24). The molecule has 1 aromatic heterocycles. The molecule has 0 atom stereocenters. The zero-order chi connectivity index (χ0) is 18.5. The lowest BCUT2D eigenvalue weighted by atomic mass is 10.1. The van der Waals surface area contributed by atoms with Crippen molar-refractivity contribution < 1.29 is 9.53 Å². The fourth-order valence-electron chi connectivity index (χ4n) is 2.27. The molecule has 2 aromatic carbocycles. The van der Waals surface area contributed by atoms with Crippen LogP contribution in [-0.2, 0) is 0 Å². The van der Waals surface area contributed by atoms with Gasteiger partial charge in [-0.05, 0) is 43.3 Å². The highest BCUT2D eigenvalue weighted by Gasteiger charge is 2.11. The number of amides is 2. The molecule has 132 valence electrons. The van der Waals surface area contributed by atoms with E-state index in [1.54, 1.807) is 62.6 Å². The van der Waals surface area contributed by atoms with Gasteiger partial charge in [0.2, 0.25) is 0 Å². The second-order valence-corrected chi connectivity index (χ2v) is 5.44. The molecule has 2 amide bonds. The highest BCUT2D eigenvalue weighted by atomic mass is 16.5. The second kappa shape index (κ2) is 7.47. The van der Waals surface area contributed by atoms with Crippen molar-refractivity contribution in [3.63, 3.8) is 0 Å². The first-order valence-electron chi connectivity index (χ1n) is 7.82. The monoisotopic (exact) mass is 351 g/mol. The smallest absolute Gasteiger partial charge is 0.323 e. The number of urea groups is 1. The minimum Gasteiger partial charge on any atom is -0.497 e. The van der Waals surface area contributed by atoms with Crippen molar-refractivity contribution in [1.29, 1.82) is 0 Å². The molecule has 3 aromatic rings. The van der Waals surface area contributed by atoms with Crippen LogP contribution < -0.4 is 20.9 Å². The van der Waals surface area contributed by atoms with E-state index in [0.717, 1.165) is 0 Å². The Morgan fingerprint density at radius 3 is 2.46 bits per heavy atom. The Hall–Kier alpha value is -3.68. The third kappa shape index (κ3) is 3.86. The highest BCUT2D eigenvalue weighted by Crippen LogP contribution is 2.24. The molecule has 1 heterocycles. The van der Waals surface area contributed by atoms with Crippen molar-refractivity contribution in [2.24, 2.45) is 0 Å². The number of anilines is 2. The number of H-pyrrole nitrogens is 1. The Bertz CT molecular complexity index is 983. The van der Waals surface area contributed by atoms with Crippen LogP contribution >= 0.6 is 0 Å². The molecule has 0 aliphatic carbocycles. The fourth-order valence-corrected chi connectivity index (χ4v) is 2.27. The van der Waals surface area contributed by atoms with Crippen molar-refractivity contribution in [1.82, 2.24) is 15.2 Å². The number of aromatic nitrogens is 3. The summed E-state index contributed by atoms with van der Waals surface area (Å²) in [5.41, 5.74) is 1.61. The summed E-state index contributed by atoms with van der Waals surface area (Å²) >= 11 is 0. The number of nitrogens with one attached hydrogen (secondary N) is 3. The van der Waals surface area contributed by atoms with E-state index in [2.05, 4.69) is 25.8 Å². The molecule has 3 N–H and O–H groups in total. The van der Waals surface area contributed by atoms with Crippen LogP contribution in [0.4, 0.5) is 16.2 Å². The third-order valence-electron chi connectivity index (χ3n) is 3.64. The number of carbonyl (C=O) groups excluding carboxylic acids is 1. The van der Waals surface area contributed by atoms with Crippen LogP contribution in [0.1, 0.15) is 5.69 Å². The zero-order valence-corrected chi connectivity index (χ0v) is 14.2. The van der Waals surface area contributed by atoms with Gasteiger partial charge in [-0.15, -0.1) is 10.2 Å². The van der Waals surface area contributed by atoms with Gasteiger partial charge in [-0.3, -0.25) is 4.79 Å². The van der Waals surface area contributed by atoms with Gasteiger partial charge in [-0.2, -0.15) is 0 Å². The summed E-state index contributed by atoms with van der Waals surface area (Å²) in [4.78, 5) is 26.7. The number of aryl methyl sites for hydroxylation is 1. The Kier molecular flexibility index (Phi) is 4.93. The van der Waals surface area contributed by atoms with Crippen LogP contribution in [0, 0.1) is 6.92 Å². The first kappa shape index (κ1) is 17.2. The van der Waals surface area contributed by atoms with Crippen molar-refractivity contribution >= 4 is 17.4 Å². The number of ether oxygens (including phenoxy) is 1. The average Bonchev–Trinajstić information content (AvgIpc) is 2.65. The van der Waals surface area contributed by atoms with Crippen molar-refractivity contribution in [3.05, 3.63) is 64.6 Å². The largest absolute Gasteiger partial charge is 0.497 e. The van der Waals surface area contributed by atoms with Gasteiger partial charge in [-0.1, -0.05) is 12.1 Å². The van der Waals surface area contributed by atoms with Gasteiger partial charge < -0.3 is 20.4 Å². The van der Waals surface area contributed by atoms with Crippen LogP contribution in [0.25, 0.3) is 11.4 Å². The average molecular weight is 351 g/mol. The summed E-state index contributed by atoms with van der Waals surface area (Å²) in [7, 11) is 1.57. The van der Waals surface area contributed by atoms with Crippen LogP contribution in [0.5, 0.6) is 5.75 Å². The molecule has 0 spiro atoms. The highest BCUT2D eigenvalue weighted by molar-refractivity contribution is 6.01. The quantitative estimate of drug-likeness (QED) is 0.670. The van der Waals surface area contributed by atoms with Gasteiger partial charge >= 0.3 is 6.03 Å². The van der Waals surface area contributed by atoms with Crippen LogP contribution in [-0.4, -0.2) is 28.3 Å². The maximum Gasteiger partial charge on any atom is 0.323 e. The molecule has 0 radical (unpaired) electrons. The number of benzene rings is 2. The number of carbonyl (C=O) groups is 1. The second-order valence-electron chi connectivity index (χ2n) is 5.44. The molecule has 0 saturated carbocycles. The van der Waals surface area contributed by atoms with Crippen LogP contribution in [0.3, 0.4) is 0 Å². The van der Waals surface area contributed by atoms with Crippen molar-refractivity contribution in [3.8, 4) is 17.1 Å². The summed E-state index contributed by atoms with van der Waals surface area (Å²) in [6.45, 7) is 1.57. The van der Waals surface area contributed by atoms with E-state index in [4.69, 9.17) is 4.74 Å². The summed E-state index contributed by atoms with van der Waals surface area (Å²) in [5.74, 6) is 0.976. The van der Waals surface area contributed by atoms with Gasteiger partial charge in [0.1, 0.15) is 11.4 Å². The number of hydrogen-bond acceptors (Lipinski definition) is 5. The number of rotatable bonds is 4. The summed E-state index contributed by atoms with van der Waals surface area (Å²) in [6.07, 6.45) is 0. The first-order chi connectivity index (χ1) is 12.6. The SMILES string of the molecule is COc1ccc(NC(=O)Nc2ccccc2-c2nnc(C)c(=O)[nH]2)cc1. The molecular formula is C18H17N5O3. The van der Waals surface area contributed by atoms with Gasteiger partial charge in [0.05, 0.1) is 12.8 Å². The van der Waals surface area contributed by atoms with Crippen LogP contribution in [0.2, 0.25) is 0 Å². The predicted molar refractivity (Wildman–Crippen MR) is 98.5 cm³/mol. The van der Waals surface area contributed by atoms with Gasteiger partial charge in [0.15, 0.2) is 5.82 Å². The molecule has 8 nitrogen and oxygen atoms in total. The maximum atomic E-state index is 12.3. The van der Waals surface area contributed by atoms with E-state index in [9.17, 15) is 9.59 Å². The molecule has 3 rings (SSSR count). The minimum atomic E-state index is -0.426. The minimum absolute atomic E-state index is 0.274. The lowest BCUT2D eigenvalue weighted by molar-refractivity contribution is 0.262. The van der Waals surface area contributed by atoms with E-state index < -0.39 is 6.03 Å². The Balaban J connectivity index is 1.80. The molecule has 0 aliphatic heterocycles. The number of hydrogen-bond donors (Lipinski definition) is 3. The molecule has 8 heteroatoms. The molecule has 26 heavy (non-hydrogen) atoms. The molecular weight excluding hydrogens is 334 g/mol. The predicted octanol–water partition coefficient (Wildman–Crippen LogP) is 2.79. The normalized spacial score (nSPS) is 10.2. The van der Waals surface area contributed by atoms with Crippen LogP contribution in [0.15, 0.2) is 53.3 Å². The van der Waals surface area contributed by atoms with Gasteiger partial charge in [-0.25, -0.2) is 4.79 Å². The van der Waals surface area contributed by atoms with E-state index in [1.165, 1.54) is 0 Å². The number of para-hydroxylation sites is 1. The number of nitrogens with zero attached hydrogens (tertiary/aromatic N) is 2. The molecule has 0 saturated heterocycles. The molecule has 0 aliphatic rings. The zero-order valence-electron chi connectivity index (χ0n) is 14.2. The third-order valence-corrected chi connectivity index (χ3v) is 3.64. The number of methoxy groups -OCH3 is 1. The first-order valence-corrected chi connectivity index (χ1v) is 7.82. The molecule has 0 fully saturated rings. The maximum absolute atomic E-state index is 12.3. The Morgan fingerprint density at radius 1 is 1.04 bits per heavy atom. The number of aromatic amines is 1. The van der Waals surface area contributed by atoms with E-state index >= 15 is 0 Å². The summed E-state index contributed by atoms with van der Waals surface area (Å²) in [5, 5.41) is 13.3.